The summed E-state index contributed by atoms with van der Waals surface area (Å²) in [5.74, 6) is -0.630. The number of hydrogen-bond acceptors (Lipinski definition) is 3. The number of fused-ring (bicyclic) bond motifs is 1. The molecule has 202 valence electrons. The molecule has 0 unspecified atom stereocenters. The molecule has 4 rings (SSSR count). The number of hydrogen-bond donors (Lipinski definition) is 1. The predicted molar refractivity (Wildman–Crippen MR) is 156 cm³/mol. The van der Waals surface area contributed by atoms with Crippen LogP contribution >= 0.6 is 15.9 Å². The molecule has 0 saturated carbocycles. The van der Waals surface area contributed by atoms with Gasteiger partial charge in [0.05, 0.1) is 4.47 Å². The summed E-state index contributed by atoms with van der Waals surface area (Å²) in [6.45, 7) is 3.52. The van der Waals surface area contributed by atoms with Gasteiger partial charge in [0.25, 0.3) is 5.91 Å². The third-order valence-electron chi connectivity index (χ3n) is 6.75. The largest absolute Gasteiger partial charge is 0.483 e. The van der Waals surface area contributed by atoms with Crippen molar-refractivity contribution in [3.8, 4) is 5.75 Å². The van der Waals surface area contributed by atoms with E-state index in [1.54, 1.807) is 24.3 Å². The average molecular weight is 592 g/mol. The van der Waals surface area contributed by atoms with Gasteiger partial charge in [-0.25, -0.2) is 4.39 Å². The summed E-state index contributed by atoms with van der Waals surface area (Å²) in [5, 5.41) is 5.01. The van der Waals surface area contributed by atoms with E-state index >= 15 is 0 Å². The molecule has 0 heterocycles. The Hall–Kier alpha value is -3.71. The van der Waals surface area contributed by atoms with Crippen LogP contribution in [0.15, 0.2) is 95.5 Å². The number of halogens is 2. The zero-order valence-corrected chi connectivity index (χ0v) is 23.7. The molecular weight excluding hydrogens is 559 g/mol. The molecule has 0 aliphatic heterocycles. The molecule has 2 amide bonds. The number of rotatable bonds is 11. The van der Waals surface area contributed by atoms with Crippen LogP contribution in [0.1, 0.15) is 31.4 Å². The van der Waals surface area contributed by atoms with Crippen molar-refractivity contribution in [2.24, 2.45) is 0 Å². The molecule has 4 aromatic carbocycles. The van der Waals surface area contributed by atoms with Crippen LogP contribution in [0.3, 0.4) is 0 Å². The first-order valence-electron chi connectivity index (χ1n) is 13.0. The predicted octanol–water partition coefficient (Wildman–Crippen LogP) is 6.68. The van der Waals surface area contributed by atoms with E-state index in [9.17, 15) is 14.0 Å². The van der Waals surface area contributed by atoms with Gasteiger partial charge in [-0.05, 0) is 57.7 Å². The van der Waals surface area contributed by atoms with Crippen LogP contribution in [0.4, 0.5) is 4.39 Å². The van der Waals surface area contributed by atoms with Crippen LogP contribution in [-0.2, 0) is 22.6 Å². The van der Waals surface area contributed by atoms with Crippen LogP contribution in [-0.4, -0.2) is 35.4 Å². The van der Waals surface area contributed by atoms with E-state index in [1.807, 2.05) is 74.5 Å². The highest BCUT2D eigenvalue weighted by atomic mass is 79.9. The Morgan fingerprint density at radius 1 is 0.949 bits per heavy atom. The van der Waals surface area contributed by atoms with Gasteiger partial charge in [0, 0.05) is 24.6 Å². The zero-order valence-electron chi connectivity index (χ0n) is 22.1. The minimum Gasteiger partial charge on any atom is -0.483 e. The first-order chi connectivity index (χ1) is 18.9. The third-order valence-corrected chi connectivity index (χ3v) is 7.57. The summed E-state index contributed by atoms with van der Waals surface area (Å²) >= 11 is 3.60. The van der Waals surface area contributed by atoms with Crippen molar-refractivity contribution in [2.45, 2.75) is 45.3 Å². The maximum atomic E-state index is 14.7. The van der Waals surface area contributed by atoms with Crippen LogP contribution in [0.5, 0.6) is 5.75 Å². The van der Waals surface area contributed by atoms with E-state index in [2.05, 4.69) is 21.2 Å². The summed E-state index contributed by atoms with van der Waals surface area (Å²) in [6.07, 6.45) is 1.02. The number of amides is 2. The number of nitrogens with zero attached hydrogens (tertiary/aromatic N) is 1. The van der Waals surface area contributed by atoms with E-state index in [4.69, 9.17) is 4.74 Å². The van der Waals surface area contributed by atoms with Crippen molar-refractivity contribution in [2.75, 3.05) is 6.61 Å². The second-order valence-corrected chi connectivity index (χ2v) is 10.3. The van der Waals surface area contributed by atoms with Gasteiger partial charge in [-0.1, -0.05) is 85.8 Å². The van der Waals surface area contributed by atoms with E-state index in [0.29, 0.717) is 11.3 Å². The van der Waals surface area contributed by atoms with Crippen molar-refractivity contribution in [1.82, 2.24) is 10.2 Å². The minimum absolute atomic E-state index is 0.0703. The fourth-order valence-corrected chi connectivity index (χ4v) is 4.96. The van der Waals surface area contributed by atoms with Crippen molar-refractivity contribution in [3.05, 3.63) is 112 Å². The molecule has 5 nitrogen and oxygen atoms in total. The Morgan fingerprint density at radius 2 is 1.64 bits per heavy atom. The first kappa shape index (κ1) is 28.3. The van der Waals surface area contributed by atoms with Gasteiger partial charge >= 0.3 is 0 Å². The maximum absolute atomic E-state index is 14.7. The van der Waals surface area contributed by atoms with Crippen LogP contribution < -0.4 is 10.1 Å². The molecule has 0 bridgehead atoms. The standard InChI is InChI=1S/C32H32BrFN2O3/c1-3-22(2)35-32(38)28(19-23-11-5-4-6-12-23)36(20-25-14-8-10-16-27(25)34)30(37)21-39-29-18-17-24-13-7-9-15-26(24)31(29)33/h4-18,22,28H,3,19-21H2,1-2H3,(H,35,38)/t22-,28-/m0/s1. The SMILES string of the molecule is CC[C@H](C)NC(=O)[C@H](Cc1ccccc1)N(Cc1ccccc1F)C(=O)COc1ccc2ccccc2c1Br. The number of carbonyl (C=O) groups excluding carboxylic acids is 2. The molecule has 0 spiro atoms. The molecule has 0 radical (unpaired) electrons. The first-order valence-corrected chi connectivity index (χ1v) is 13.8. The number of benzene rings is 4. The molecule has 7 heteroatoms. The van der Waals surface area contributed by atoms with Crippen molar-refractivity contribution in [3.63, 3.8) is 0 Å². The number of carbonyl (C=O) groups is 2. The Morgan fingerprint density at radius 3 is 2.38 bits per heavy atom. The molecule has 39 heavy (non-hydrogen) atoms. The molecule has 0 aliphatic rings. The number of nitrogens with one attached hydrogen (secondary N) is 1. The average Bonchev–Trinajstić information content (AvgIpc) is 2.95. The monoisotopic (exact) mass is 590 g/mol. The highest BCUT2D eigenvalue weighted by molar-refractivity contribution is 9.10. The molecule has 0 fully saturated rings. The van der Waals surface area contributed by atoms with Crippen LogP contribution in [0.2, 0.25) is 0 Å². The molecule has 1 N–H and O–H groups in total. The normalized spacial score (nSPS) is 12.5. The van der Waals surface area contributed by atoms with Gasteiger partial charge in [-0.3, -0.25) is 9.59 Å². The molecule has 4 aromatic rings. The zero-order chi connectivity index (χ0) is 27.8. The molecule has 2 atom stereocenters. The summed E-state index contributed by atoms with van der Waals surface area (Å²) < 4.78 is 21.5. The molecule has 0 aliphatic carbocycles. The minimum atomic E-state index is -0.864. The summed E-state index contributed by atoms with van der Waals surface area (Å²) in [7, 11) is 0. The molecule has 0 saturated heterocycles. The Labute approximate surface area is 237 Å². The smallest absolute Gasteiger partial charge is 0.261 e. The fourth-order valence-electron chi connectivity index (χ4n) is 4.35. The second kappa shape index (κ2) is 13.4. The topological polar surface area (TPSA) is 58.6 Å². The van der Waals surface area contributed by atoms with Crippen LogP contribution in [0.25, 0.3) is 10.8 Å². The molecule has 0 aromatic heterocycles. The summed E-state index contributed by atoms with van der Waals surface area (Å²) in [6, 6.07) is 26.4. The quantitative estimate of drug-likeness (QED) is 0.212. The number of ether oxygens (including phenoxy) is 1. The van der Waals surface area contributed by atoms with Gasteiger partial charge in [-0.15, -0.1) is 0 Å². The van der Waals surface area contributed by atoms with Gasteiger partial charge in [0.2, 0.25) is 5.91 Å². The fraction of sp³-hybridized carbons (Fsp3) is 0.250. The Kier molecular flexibility index (Phi) is 9.71. The highest BCUT2D eigenvalue weighted by Gasteiger charge is 2.32. The van der Waals surface area contributed by atoms with E-state index in [-0.39, 0.29) is 31.5 Å². The van der Waals surface area contributed by atoms with Gasteiger partial charge in [0.15, 0.2) is 6.61 Å². The highest BCUT2D eigenvalue weighted by Crippen LogP contribution is 2.33. The van der Waals surface area contributed by atoms with Gasteiger partial charge in [0.1, 0.15) is 17.6 Å². The Bertz CT molecular complexity index is 1430. The van der Waals surface area contributed by atoms with Gasteiger partial charge < -0.3 is 15.0 Å². The van der Waals surface area contributed by atoms with Crippen molar-refractivity contribution in [1.29, 1.82) is 0 Å². The lowest BCUT2D eigenvalue weighted by Gasteiger charge is -2.32. The van der Waals surface area contributed by atoms with Gasteiger partial charge in [-0.2, -0.15) is 0 Å². The van der Waals surface area contributed by atoms with E-state index < -0.39 is 17.8 Å². The Balaban J connectivity index is 1.65. The third kappa shape index (κ3) is 7.24. The summed E-state index contributed by atoms with van der Waals surface area (Å²) in [5.41, 5.74) is 1.22. The molecular formula is C32H32BrFN2O3. The van der Waals surface area contributed by atoms with E-state index in [1.165, 1.54) is 11.0 Å². The lowest BCUT2D eigenvalue weighted by Crippen LogP contribution is -2.53. The maximum Gasteiger partial charge on any atom is 0.261 e. The van der Waals surface area contributed by atoms with Crippen molar-refractivity contribution < 1.29 is 18.7 Å². The van der Waals surface area contributed by atoms with E-state index in [0.717, 1.165) is 27.2 Å². The van der Waals surface area contributed by atoms with Crippen LogP contribution in [0, 0.1) is 5.82 Å². The second-order valence-electron chi connectivity index (χ2n) is 9.52. The summed E-state index contributed by atoms with van der Waals surface area (Å²) in [4.78, 5) is 28.8. The lowest BCUT2D eigenvalue weighted by molar-refractivity contribution is -0.143. The lowest BCUT2D eigenvalue weighted by atomic mass is 10.0. The van der Waals surface area contributed by atoms with Crippen molar-refractivity contribution >= 4 is 38.5 Å².